The summed E-state index contributed by atoms with van der Waals surface area (Å²) >= 11 is 0. The number of carboxylic acids is 1. The van der Waals surface area contributed by atoms with Crippen molar-refractivity contribution in [2.45, 2.75) is 13.3 Å². The Morgan fingerprint density at radius 1 is 1.09 bits per heavy atom. The average molecular weight is 299 g/mol. The molecule has 0 atom stereocenters. The van der Waals surface area contributed by atoms with Crippen LogP contribution in [0.1, 0.15) is 33.5 Å². The van der Waals surface area contributed by atoms with E-state index in [2.05, 4.69) is 9.97 Å². The first-order valence-corrected chi connectivity index (χ1v) is 7.00. The van der Waals surface area contributed by atoms with E-state index in [1.807, 2.05) is 37.3 Å². The second-order valence-electron chi connectivity index (χ2n) is 4.71. The Labute approximate surface area is 128 Å². The molecular formula is C16H17N3O3. The molecule has 0 saturated carbocycles. The number of hydrogen-bond donors (Lipinski definition) is 1. The molecule has 6 heteroatoms. The van der Waals surface area contributed by atoms with Crippen molar-refractivity contribution in [3.05, 3.63) is 59.7 Å². The van der Waals surface area contributed by atoms with Crippen molar-refractivity contribution in [1.82, 2.24) is 14.9 Å². The molecule has 114 valence electrons. The van der Waals surface area contributed by atoms with Crippen LogP contribution >= 0.6 is 0 Å². The van der Waals surface area contributed by atoms with E-state index >= 15 is 0 Å². The van der Waals surface area contributed by atoms with E-state index in [9.17, 15) is 9.59 Å². The maximum absolute atomic E-state index is 12.4. The summed E-state index contributed by atoms with van der Waals surface area (Å²) in [5, 5.41) is 8.78. The Kier molecular flexibility index (Phi) is 5.19. The molecule has 0 bridgehead atoms. The predicted molar refractivity (Wildman–Crippen MR) is 80.7 cm³/mol. The quantitative estimate of drug-likeness (QED) is 0.880. The smallest absolute Gasteiger partial charge is 0.356 e. The number of hydrogen-bond acceptors (Lipinski definition) is 4. The molecule has 1 amide bonds. The van der Waals surface area contributed by atoms with Crippen molar-refractivity contribution in [2.24, 2.45) is 0 Å². The second-order valence-corrected chi connectivity index (χ2v) is 4.71. The van der Waals surface area contributed by atoms with E-state index in [1.165, 1.54) is 6.20 Å². The number of rotatable bonds is 6. The SMILES string of the molecule is CCN(CCc1ccccc1)C(=O)c1cnc(C(=O)O)cn1. The van der Waals surface area contributed by atoms with Gasteiger partial charge in [-0.05, 0) is 18.9 Å². The fourth-order valence-electron chi connectivity index (χ4n) is 2.02. The van der Waals surface area contributed by atoms with E-state index < -0.39 is 5.97 Å². The molecule has 0 aliphatic heterocycles. The number of carboxylic acid groups (broad SMARTS) is 1. The van der Waals surface area contributed by atoms with Gasteiger partial charge in [0, 0.05) is 13.1 Å². The van der Waals surface area contributed by atoms with Crippen molar-refractivity contribution in [1.29, 1.82) is 0 Å². The maximum Gasteiger partial charge on any atom is 0.356 e. The van der Waals surface area contributed by atoms with Gasteiger partial charge in [0.1, 0.15) is 5.69 Å². The van der Waals surface area contributed by atoms with Crippen LogP contribution in [0.3, 0.4) is 0 Å². The number of aromatic carboxylic acids is 1. The molecule has 0 aliphatic carbocycles. The van der Waals surface area contributed by atoms with Gasteiger partial charge in [0.05, 0.1) is 12.4 Å². The zero-order valence-electron chi connectivity index (χ0n) is 12.3. The van der Waals surface area contributed by atoms with Gasteiger partial charge in [-0.25, -0.2) is 14.8 Å². The van der Waals surface area contributed by atoms with E-state index in [1.54, 1.807) is 4.90 Å². The lowest BCUT2D eigenvalue weighted by atomic mass is 10.1. The van der Waals surface area contributed by atoms with Gasteiger partial charge in [0.25, 0.3) is 5.91 Å². The van der Waals surface area contributed by atoms with Crippen molar-refractivity contribution < 1.29 is 14.7 Å². The van der Waals surface area contributed by atoms with Crippen LogP contribution in [0.2, 0.25) is 0 Å². The number of aromatic nitrogens is 2. The summed E-state index contributed by atoms with van der Waals surface area (Å²) in [5.41, 5.74) is 1.13. The third-order valence-electron chi connectivity index (χ3n) is 3.27. The number of nitrogens with zero attached hydrogens (tertiary/aromatic N) is 3. The Balaban J connectivity index is 2.03. The van der Waals surface area contributed by atoms with Crippen molar-refractivity contribution in [3.63, 3.8) is 0 Å². The van der Waals surface area contributed by atoms with Crippen LogP contribution in [0.5, 0.6) is 0 Å². The molecule has 6 nitrogen and oxygen atoms in total. The highest BCUT2D eigenvalue weighted by molar-refractivity contribution is 5.92. The maximum atomic E-state index is 12.4. The Bertz CT molecular complexity index is 641. The monoisotopic (exact) mass is 299 g/mol. The minimum atomic E-state index is -1.16. The summed E-state index contributed by atoms with van der Waals surface area (Å²) in [5.74, 6) is -1.41. The molecule has 2 aromatic rings. The summed E-state index contributed by atoms with van der Waals surface area (Å²) in [4.78, 5) is 32.4. The zero-order valence-corrected chi connectivity index (χ0v) is 12.3. The van der Waals surface area contributed by atoms with Crippen LogP contribution < -0.4 is 0 Å². The molecular weight excluding hydrogens is 282 g/mol. The third kappa shape index (κ3) is 3.88. The third-order valence-corrected chi connectivity index (χ3v) is 3.27. The van der Waals surface area contributed by atoms with Gasteiger partial charge in [-0.15, -0.1) is 0 Å². The molecule has 22 heavy (non-hydrogen) atoms. The van der Waals surface area contributed by atoms with Gasteiger partial charge in [0.2, 0.25) is 0 Å². The van der Waals surface area contributed by atoms with Crippen LogP contribution in [-0.2, 0) is 6.42 Å². The molecule has 1 aromatic heterocycles. The van der Waals surface area contributed by atoms with Crippen LogP contribution in [0.15, 0.2) is 42.7 Å². The Morgan fingerprint density at radius 3 is 2.27 bits per heavy atom. The average Bonchev–Trinajstić information content (AvgIpc) is 2.56. The van der Waals surface area contributed by atoms with Gasteiger partial charge in [-0.1, -0.05) is 30.3 Å². The molecule has 0 saturated heterocycles. The van der Waals surface area contributed by atoms with Crippen LogP contribution in [0.25, 0.3) is 0 Å². The second kappa shape index (κ2) is 7.31. The zero-order chi connectivity index (χ0) is 15.9. The number of carbonyl (C=O) groups excluding carboxylic acids is 1. The van der Waals surface area contributed by atoms with Gasteiger partial charge in [0.15, 0.2) is 5.69 Å². The largest absolute Gasteiger partial charge is 0.476 e. The molecule has 0 unspecified atom stereocenters. The van der Waals surface area contributed by atoms with Gasteiger partial charge in [-0.2, -0.15) is 0 Å². The van der Waals surface area contributed by atoms with Crippen molar-refractivity contribution in [3.8, 4) is 0 Å². The Morgan fingerprint density at radius 2 is 1.73 bits per heavy atom. The summed E-state index contributed by atoms with van der Waals surface area (Å²) in [6, 6.07) is 9.90. The van der Waals surface area contributed by atoms with Gasteiger partial charge < -0.3 is 10.0 Å². The normalized spacial score (nSPS) is 10.2. The lowest BCUT2D eigenvalue weighted by molar-refractivity contribution is 0.0686. The highest BCUT2D eigenvalue weighted by atomic mass is 16.4. The Hall–Kier alpha value is -2.76. The number of benzene rings is 1. The standard InChI is InChI=1S/C16H17N3O3/c1-2-19(9-8-12-6-4-3-5-7-12)15(20)13-10-18-14(11-17-13)16(21)22/h3-7,10-11H,2,8-9H2,1H3,(H,21,22). The number of likely N-dealkylation sites (N-methyl/N-ethyl adjacent to an activating group) is 1. The highest BCUT2D eigenvalue weighted by Gasteiger charge is 2.16. The minimum Gasteiger partial charge on any atom is -0.476 e. The minimum absolute atomic E-state index is 0.153. The topological polar surface area (TPSA) is 83.4 Å². The molecule has 2 rings (SSSR count). The van der Waals surface area contributed by atoms with Crippen LogP contribution in [-0.4, -0.2) is 44.9 Å². The van der Waals surface area contributed by atoms with E-state index in [-0.39, 0.29) is 17.3 Å². The van der Waals surface area contributed by atoms with E-state index in [0.29, 0.717) is 13.1 Å². The lowest BCUT2D eigenvalue weighted by Crippen LogP contribution is -2.33. The van der Waals surface area contributed by atoms with Crippen LogP contribution in [0.4, 0.5) is 0 Å². The molecule has 0 spiro atoms. The molecule has 0 radical (unpaired) electrons. The highest BCUT2D eigenvalue weighted by Crippen LogP contribution is 2.05. The summed E-state index contributed by atoms with van der Waals surface area (Å²) in [7, 11) is 0. The first-order valence-electron chi connectivity index (χ1n) is 7.00. The lowest BCUT2D eigenvalue weighted by Gasteiger charge is -2.20. The first-order chi connectivity index (χ1) is 10.6. The number of carbonyl (C=O) groups is 2. The number of amides is 1. The van der Waals surface area contributed by atoms with E-state index in [0.717, 1.165) is 18.2 Å². The summed E-state index contributed by atoms with van der Waals surface area (Å²) in [6.45, 7) is 3.01. The van der Waals surface area contributed by atoms with Gasteiger partial charge in [-0.3, -0.25) is 4.79 Å². The fraction of sp³-hybridized carbons (Fsp3) is 0.250. The van der Waals surface area contributed by atoms with E-state index in [4.69, 9.17) is 5.11 Å². The molecule has 0 aliphatic rings. The summed E-state index contributed by atoms with van der Waals surface area (Å²) in [6.07, 6.45) is 3.05. The molecule has 1 N–H and O–H groups in total. The fourth-order valence-corrected chi connectivity index (χ4v) is 2.02. The van der Waals surface area contributed by atoms with Crippen LogP contribution in [0, 0.1) is 0 Å². The van der Waals surface area contributed by atoms with Crippen molar-refractivity contribution >= 4 is 11.9 Å². The van der Waals surface area contributed by atoms with Gasteiger partial charge >= 0.3 is 5.97 Å². The predicted octanol–water partition coefficient (Wildman–Crippen LogP) is 1.88. The molecule has 0 fully saturated rings. The first kappa shape index (κ1) is 15.6. The summed E-state index contributed by atoms with van der Waals surface area (Å²) < 4.78 is 0. The van der Waals surface area contributed by atoms with Crippen molar-refractivity contribution in [2.75, 3.05) is 13.1 Å². The molecule has 1 heterocycles. The molecule has 1 aromatic carbocycles.